The fourth-order valence-electron chi connectivity index (χ4n) is 2.44. The van der Waals surface area contributed by atoms with E-state index in [0.717, 1.165) is 5.56 Å². The van der Waals surface area contributed by atoms with Crippen LogP contribution >= 0.6 is 0 Å². The molecule has 1 atom stereocenters. The molecular weight excluding hydrogens is 378 g/mol. The van der Waals surface area contributed by atoms with E-state index in [4.69, 9.17) is 25.7 Å². The van der Waals surface area contributed by atoms with Crippen LogP contribution in [0.4, 0.5) is 4.79 Å². The first kappa shape index (κ1) is 24.5. The second-order valence-electron chi connectivity index (χ2n) is 6.35. The fraction of sp³-hybridized carbons (Fsp3) is 0.550. The van der Waals surface area contributed by atoms with E-state index in [1.54, 1.807) is 0 Å². The van der Waals surface area contributed by atoms with Crippen molar-refractivity contribution in [3.63, 3.8) is 0 Å². The van der Waals surface area contributed by atoms with Crippen molar-refractivity contribution in [1.29, 1.82) is 0 Å². The average molecular weight is 409 g/mol. The molecule has 1 rings (SSSR count). The van der Waals surface area contributed by atoms with Crippen LogP contribution in [0, 0.1) is 0 Å². The number of rotatable bonds is 16. The van der Waals surface area contributed by atoms with Gasteiger partial charge in [0.15, 0.2) is 5.78 Å². The Morgan fingerprint density at radius 1 is 0.966 bits per heavy atom. The normalized spacial score (nSPS) is 11.6. The number of nitrogens with two attached hydrogens (primary N) is 2. The average Bonchev–Trinajstić information content (AvgIpc) is 2.72. The lowest BCUT2D eigenvalue weighted by Crippen LogP contribution is -2.41. The Labute approximate surface area is 171 Å². The summed E-state index contributed by atoms with van der Waals surface area (Å²) in [6.07, 6.45) is 0.0903. The maximum absolute atomic E-state index is 12.4. The van der Waals surface area contributed by atoms with Gasteiger partial charge in [-0.15, -0.1) is 0 Å². The molecule has 1 aromatic carbocycles. The minimum Gasteiger partial charge on any atom is -0.445 e. The molecule has 5 N–H and O–H groups in total. The van der Waals surface area contributed by atoms with Crippen LogP contribution in [0.1, 0.15) is 31.2 Å². The molecule has 1 aromatic rings. The Morgan fingerprint density at radius 2 is 1.66 bits per heavy atom. The number of primary amides is 1. The SMILES string of the molecule is NCCOCCOCCCC(=O)C(CCC(N)=O)NC(=O)OCc1ccccc1. The van der Waals surface area contributed by atoms with Crippen LogP contribution in [0.15, 0.2) is 30.3 Å². The predicted molar refractivity (Wildman–Crippen MR) is 107 cm³/mol. The molecule has 9 nitrogen and oxygen atoms in total. The summed E-state index contributed by atoms with van der Waals surface area (Å²) >= 11 is 0. The third-order valence-electron chi connectivity index (χ3n) is 3.92. The first-order chi connectivity index (χ1) is 14.0. The molecule has 0 fully saturated rings. The van der Waals surface area contributed by atoms with Gasteiger partial charge in [0.05, 0.1) is 25.9 Å². The minimum atomic E-state index is -0.835. The molecule has 0 aliphatic heterocycles. The monoisotopic (exact) mass is 409 g/mol. The van der Waals surface area contributed by atoms with E-state index in [2.05, 4.69) is 5.32 Å². The number of Topliss-reactive ketones (excluding diaryl/α,β-unsaturated/α-hetero) is 1. The number of carbonyl (C=O) groups excluding carboxylic acids is 3. The maximum Gasteiger partial charge on any atom is 0.408 e. The van der Waals surface area contributed by atoms with Gasteiger partial charge in [-0.05, 0) is 18.4 Å². The van der Waals surface area contributed by atoms with E-state index < -0.39 is 18.0 Å². The number of benzene rings is 1. The van der Waals surface area contributed by atoms with E-state index in [9.17, 15) is 14.4 Å². The Morgan fingerprint density at radius 3 is 2.31 bits per heavy atom. The predicted octanol–water partition coefficient (Wildman–Crippen LogP) is 0.888. The Hall–Kier alpha value is -2.49. The lowest BCUT2D eigenvalue weighted by Gasteiger charge is -2.17. The highest BCUT2D eigenvalue weighted by molar-refractivity contribution is 5.88. The molecule has 29 heavy (non-hydrogen) atoms. The first-order valence-corrected chi connectivity index (χ1v) is 9.66. The van der Waals surface area contributed by atoms with E-state index in [0.29, 0.717) is 39.4 Å². The van der Waals surface area contributed by atoms with Crippen molar-refractivity contribution in [2.24, 2.45) is 11.5 Å². The van der Waals surface area contributed by atoms with Gasteiger partial charge in [0.2, 0.25) is 5.91 Å². The molecule has 0 aromatic heterocycles. The molecule has 0 aliphatic rings. The van der Waals surface area contributed by atoms with Crippen LogP contribution in [-0.2, 0) is 30.4 Å². The van der Waals surface area contributed by atoms with Crippen molar-refractivity contribution in [3.05, 3.63) is 35.9 Å². The number of alkyl carbamates (subject to hydrolysis) is 1. The summed E-state index contributed by atoms with van der Waals surface area (Å²) in [7, 11) is 0. The smallest absolute Gasteiger partial charge is 0.408 e. The van der Waals surface area contributed by atoms with Gasteiger partial charge >= 0.3 is 6.09 Å². The molecule has 0 aliphatic carbocycles. The Balaban J connectivity index is 2.35. The van der Waals surface area contributed by atoms with Crippen LogP contribution in [-0.4, -0.2) is 56.8 Å². The number of hydrogen-bond acceptors (Lipinski definition) is 7. The van der Waals surface area contributed by atoms with Crippen LogP contribution in [0.25, 0.3) is 0 Å². The summed E-state index contributed by atoms with van der Waals surface area (Å²) < 4.78 is 15.7. The third kappa shape index (κ3) is 12.6. The quantitative estimate of drug-likeness (QED) is 0.344. The second-order valence-corrected chi connectivity index (χ2v) is 6.35. The highest BCUT2D eigenvalue weighted by Gasteiger charge is 2.21. The van der Waals surface area contributed by atoms with Crippen molar-refractivity contribution in [2.45, 2.75) is 38.3 Å². The van der Waals surface area contributed by atoms with E-state index in [1.807, 2.05) is 30.3 Å². The number of ether oxygens (including phenoxy) is 3. The van der Waals surface area contributed by atoms with Gasteiger partial charge in [-0.2, -0.15) is 0 Å². The maximum atomic E-state index is 12.4. The molecule has 0 heterocycles. The molecule has 0 radical (unpaired) electrons. The van der Waals surface area contributed by atoms with E-state index in [1.165, 1.54) is 0 Å². The van der Waals surface area contributed by atoms with Gasteiger partial charge in [0, 0.05) is 26.0 Å². The number of hydrogen-bond donors (Lipinski definition) is 3. The molecule has 0 saturated carbocycles. The highest BCUT2D eigenvalue weighted by Crippen LogP contribution is 2.06. The van der Waals surface area contributed by atoms with Gasteiger partial charge in [0.1, 0.15) is 6.61 Å². The summed E-state index contributed by atoms with van der Waals surface area (Å²) in [5, 5.41) is 2.53. The van der Waals surface area contributed by atoms with Crippen LogP contribution < -0.4 is 16.8 Å². The van der Waals surface area contributed by atoms with E-state index in [-0.39, 0.29) is 31.7 Å². The van der Waals surface area contributed by atoms with Crippen molar-refractivity contribution in [1.82, 2.24) is 5.32 Å². The van der Waals surface area contributed by atoms with Crippen molar-refractivity contribution >= 4 is 17.8 Å². The largest absolute Gasteiger partial charge is 0.445 e. The van der Waals surface area contributed by atoms with Gasteiger partial charge in [-0.1, -0.05) is 30.3 Å². The molecule has 0 saturated heterocycles. The molecular formula is C20H31N3O6. The molecule has 2 amide bonds. The summed E-state index contributed by atoms with van der Waals surface area (Å²) in [5.74, 6) is -0.742. The van der Waals surface area contributed by atoms with E-state index >= 15 is 0 Å². The van der Waals surface area contributed by atoms with Crippen molar-refractivity contribution < 1.29 is 28.6 Å². The lowest BCUT2D eigenvalue weighted by atomic mass is 10.0. The van der Waals surface area contributed by atoms with Gasteiger partial charge in [-0.3, -0.25) is 9.59 Å². The topological polar surface area (TPSA) is 143 Å². The fourth-order valence-corrected chi connectivity index (χ4v) is 2.44. The first-order valence-electron chi connectivity index (χ1n) is 9.66. The van der Waals surface area contributed by atoms with Crippen molar-refractivity contribution in [2.75, 3.05) is 33.0 Å². The standard InChI is InChI=1S/C20H31N3O6/c21-10-12-28-14-13-27-11-4-7-18(24)17(8-9-19(22)25)23-20(26)29-15-16-5-2-1-3-6-16/h1-3,5-6,17H,4,7-15,21H2,(H2,22,25)(H,23,26). The summed E-state index contributed by atoms with van der Waals surface area (Å²) in [6, 6.07) is 8.34. The van der Waals surface area contributed by atoms with Crippen LogP contribution in [0.5, 0.6) is 0 Å². The van der Waals surface area contributed by atoms with Crippen LogP contribution in [0.3, 0.4) is 0 Å². The number of carbonyl (C=O) groups is 3. The molecule has 0 bridgehead atoms. The van der Waals surface area contributed by atoms with Crippen molar-refractivity contribution in [3.8, 4) is 0 Å². The summed E-state index contributed by atoms with van der Waals surface area (Å²) in [6.45, 7) is 2.28. The zero-order chi connectivity index (χ0) is 21.3. The Bertz CT molecular complexity index is 611. The van der Waals surface area contributed by atoms with Gasteiger partial charge in [0.25, 0.3) is 0 Å². The number of ketones is 1. The second kappa shape index (κ2) is 15.4. The molecule has 0 spiro atoms. The zero-order valence-electron chi connectivity index (χ0n) is 16.6. The zero-order valence-corrected chi connectivity index (χ0v) is 16.6. The third-order valence-corrected chi connectivity index (χ3v) is 3.92. The number of nitrogens with one attached hydrogen (secondary N) is 1. The Kier molecular flexibility index (Phi) is 13.1. The molecule has 162 valence electrons. The lowest BCUT2D eigenvalue weighted by molar-refractivity contribution is -0.122. The minimum absolute atomic E-state index is 0.00957. The molecule has 9 heteroatoms. The highest BCUT2D eigenvalue weighted by atomic mass is 16.5. The van der Waals surface area contributed by atoms with Gasteiger partial charge in [-0.25, -0.2) is 4.79 Å². The van der Waals surface area contributed by atoms with Gasteiger partial charge < -0.3 is 31.0 Å². The number of amides is 2. The summed E-state index contributed by atoms with van der Waals surface area (Å²) in [5.41, 5.74) is 11.3. The van der Waals surface area contributed by atoms with Crippen LogP contribution in [0.2, 0.25) is 0 Å². The summed E-state index contributed by atoms with van der Waals surface area (Å²) in [4.78, 5) is 35.5. The molecule has 1 unspecified atom stereocenters.